The number of anilines is 1. The molecule has 4 heteroatoms. The number of carbonyl (C=O) groups excluding carboxylic acids is 1. The van der Waals surface area contributed by atoms with Gasteiger partial charge in [0.25, 0.3) is 5.91 Å². The Morgan fingerprint density at radius 2 is 1.65 bits per heavy atom. The van der Waals surface area contributed by atoms with Crippen molar-refractivity contribution in [1.29, 1.82) is 0 Å². The van der Waals surface area contributed by atoms with Gasteiger partial charge in [0.15, 0.2) is 0 Å². The van der Waals surface area contributed by atoms with Gasteiger partial charge < -0.3 is 10.0 Å². The highest BCUT2D eigenvalue weighted by atomic mass is 16.4. The number of carboxylic acids is 1. The van der Waals surface area contributed by atoms with Crippen molar-refractivity contribution in [2.45, 2.75) is 27.3 Å². The Balaban J connectivity index is 1.84. The van der Waals surface area contributed by atoms with Gasteiger partial charge in [-0.2, -0.15) is 0 Å². The van der Waals surface area contributed by atoms with Crippen molar-refractivity contribution in [3.63, 3.8) is 0 Å². The van der Waals surface area contributed by atoms with E-state index in [4.69, 9.17) is 0 Å². The fraction of sp³-hybridized carbons (Fsp3) is 0.185. The molecule has 1 aliphatic rings. The number of aryl methyl sites for hydroxylation is 1. The van der Waals surface area contributed by atoms with Crippen LogP contribution in [0.15, 0.2) is 72.8 Å². The highest BCUT2D eigenvalue weighted by molar-refractivity contribution is 6.37. The summed E-state index contributed by atoms with van der Waals surface area (Å²) in [6.07, 6.45) is 0. The number of rotatable bonds is 5. The second kappa shape index (κ2) is 8.23. The summed E-state index contributed by atoms with van der Waals surface area (Å²) in [5, 5.41) is 9.31. The van der Waals surface area contributed by atoms with E-state index in [9.17, 15) is 14.7 Å². The van der Waals surface area contributed by atoms with Gasteiger partial charge >= 0.3 is 5.97 Å². The summed E-state index contributed by atoms with van der Waals surface area (Å²) in [7, 11) is 0. The van der Waals surface area contributed by atoms with E-state index in [0.29, 0.717) is 6.54 Å². The minimum atomic E-state index is -0.975. The Kier molecular flexibility index (Phi) is 5.47. The van der Waals surface area contributed by atoms with E-state index in [-0.39, 0.29) is 17.4 Å². The van der Waals surface area contributed by atoms with Gasteiger partial charge in [-0.1, -0.05) is 74.0 Å². The van der Waals surface area contributed by atoms with Crippen LogP contribution in [0, 0.1) is 12.8 Å². The van der Waals surface area contributed by atoms with Crippen LogP contribution in [0.5, 0.6) is 0 Å². The zero-order valence-electron chi connectivity index (χ0n) is 17.9. The van der Waals surface area contributed by atoms with E-state index >= 15 is 0 Å². The van der Waals surface area contributed by atoms with Gasteiger partial charge in [0.1, 0.15) is 0 Å². The Morgan fingerprint density at radius 3 is 2.32 bits per heavy atom. The quantitative estimate of drug-likeness (QED) is 0.539. The van der Waals surface area contributed by atoms with Crippen LogP contribution in [-0.2, 0) is 11.3 Å². The molecule has 31 heavy (non-hydrogen) atoms. The first-order valence-electron chi connectivity index (χ1n) is 10.4. The lowest BCUT2D eigenvalue weighted by atomic mass is 9.87. The van der Waals surface area contributed by atoms with Crippen LogP contribution in [0.2, 0.25) is 0 Å². The number of aromatic carboxylic acids is 1. The van der Waals surface area contributed by atoms with Gasteiger partial charge in [-0.05, 0) is 47.7 Å². The molecule has 0 atom stereocenters. The maximum absolute atomic E-state index is 13.7. The second-order valence-corrected chi connectivity index (χ2v) is 8.22. The molecule has 0 spiro atoms. The van der Waals surface area contributed by atoms with Crippen LogP contribution in [0.25, 0.3) is 11.1 Å². The van der Waals surface area contributed by atoms with E-state index in [2.05, 4.69) is 45.0 Å². The van der Waals surface area contributed by atoms with Crippen LogP contribution in [-0.4, -0.2) is 17.0 Å². The van der Waals surface area contributed by atoms with Crippen LogP contribution >= 0.6 is 0 Å². The minimum absolute atomic E-state index is 0.0498. The van der Waals surface area contributed by atoms with Crippen LogP contribution in [0.4, 0.5) is 5.69 Å². The monoisotopic (exact) mass is 411 g/mol. The fourth-order valence-electron chi connectivity index (χ4n) is 4.18. The topological polar surface area (TPSA) is 57.6 Å². The molecule has 156 valence electrons. The molecule has 1 N–H and O–H groups in total. The summed E-state index contributed by atoms with van der Waals surface area (Å²) in [6, 6.07) is 22.9. The van der Waals surface area contributed by atoms with E-state index in [1.165, 1.54) is 5.56 Å². The third-order valence-corrected chi connectivity index (χ3v) is 5.65. The summed E-state index contributed by atoms with van der Waals surface area (Å²) in [5.74, 6) is -0.867. The molecule has 0 saturated heterocycles. The lowest BCUT2D eigenvalue weighted by Gasteiger charge is -2.19. The molecule has 0 unspecified atom stereocenters. The molecule has 3 aromatic rings. The van der Waals surface area contributed by atoms with Crippen molar-refractivity contribution in [1.82, 2.24) is 0 Å². The largest absolute Gasteiger partial charge is 0.478 e. The molecular weight excluding hydrogens is 386 g/mol. The smallest absolute Gasteiger partial charge is 0.335 e. The molecule has 0 aromatic heterocycles. The standard InChI is InChI=1S/C27H25NO3/c1-17(2)24(20-13-11-18(3)12-14-20)25-22-9-4-5-10-23(22)28(26(25)29)16-19-7-6-8-21(15-19)27(30)31/h4-15,17H,16H2,1-3H3,(H,30,31)/b25-24+. The minimum Gasteiger partial charge on any atom is -0.478 e. The first-order chi connectivity index (χ1) is 14.9. The van der Waals surface area contributed by atoms with Crippen LogP contribution < -0.4 is 4.90 Å². The molecule has 1 heterocycles. The first-order valence-corrected chi connectivity index (χ1v) is 10.4. The van der Waals surface area contributed by atoms with Gasteiger partial charge in [-0.25, -0.2) is 4.79 Å². The number of carbonyl (C=O) groups is 2. The highest BCUT2D eigenvalue weighted by Gasteiger charge is 2.35. The number of nitrogens with zero attached hydrogens (tertiary/aromatic N) is 1. The van der Waals surface area contributed by atoms with Crippen molar-refractivity contribution < 1.29 is 14.7 Å². The number of allylic oxidation sites excluding steroid dienone is 1. The number of hydrogen-bond donors (Lipinski definition) is 1. The molecule has 1 aliphatic heterocycles. The second-order valence-electron chi connectivity index (χ2n) is 8.22. The normalized spacial score (nSPS) is 14.7. The summed E-state index contributed by atoms with van der Waals surface area (Å²) in [4.78, 5) is 26.8. The Bertz CT molecular complexity index is 1190. The number of hydrogen-bond acceptors (Lipinski definition) is 2. The summed E-state index contributed by atoms with van der Waals surface area (Å²) in [5.41, 5.74) is 6.76. The Morgan fingerprint density at radius 1 is 0.935 bits per heavy atom. The number of benzene rings is 3. The Labute approximate surface area is 182 Å². The highest BCUT2D eigenvalue weighted by Crippen LogP contribution is 2.43. The molecule has 0 saturated carbocycles. The zero-order chi connectivity index (χ0) is 22.1. The number of amides is 1. The average molecular weight is 412 g/mol. The molecule has 0 fully saturated rings. The fourth-order valence-corrected chi connectivity index (χ4v) is 4.18. The van der Waals surface area contributed by atoms with E-state index in [1.807, 2.05) is 30.3 Å². The van der Waals surface area contributed by atoms with Crippen LogP contribution in [0.3, 0.4) is 0 Å². The summed E-state index contributed by atoms with van der Waals surface area (Å²) in [6.45, 7) is 6.59. The van der Waals surface area contributed by atoms with Crippen molar-refractivity contribution in [3.8, 4) is 0 Å². The van der Waals surface area contributed by atoms with Gasteiger partial charge in [0, 0.05) is 5.56 Å². The van der Waals surface area contributed by atoms with Gasteiger partial charge in [0.05, 0.1) is 23.4 Å². The molecular formula is C27H25NO3. The molecule has 0 radical (unpaired) electrons. The van der Waals surface area contributed by atoms with Crippen molar-refractivity contribution in [2.75, 3.05) is 4.90 Å². The first kappa shape index (κ1) is 20.6. The number of fused-ring (bicyclic) bond motifs is 1. The van der Waals surface area contributed by atoms with E-state index in [0.717, 1.165) is 33.5 Å². The van der Waals surface area contributed by atoms with Crippen molar-refractivity contribution in [3.05, 3.63) is 101 Å². The lowest BCUT2D eigenvalue weighted by molar-refractivity contribution is -0.113. The predicted octanol–water partition coefficient (Wildman–Crippen LogP) is 5.81. The summed E-state index contributed by atoms with van der Waals surface area (Å²) < 4.78 is 0. The average Bonchev–Trinajstić information content (AvgIpc) is 3.02. The molecule has 1 amide bonds. The number of para-hydroxylation sites is 1. The van der Waals surface area contributed by atoms with Gasteiger partial charge in [-0.15, -0.1) is 0 Å². The SMILES string of the molecule is Cc1ccc(/C(=C2/C(=O)N(Cc3cccc(C(=O)O)c3)c3ccccc32)C(C)C)cc1. The van der Waals surface area contributed by atoms with E-state index in [1.54, 1.807) is 23.1 Å². The van der Waals surface area contributed by atoms with Crippen LogP contribution in [0.1, 0.15) is 46.5 Å². The molecule has 0 aliphatic carbocycles. The van der Waals surface area contributed by atoms with Crippen molar-refractivity contribution in [2.24, 2.45) is 5.92 Å². The summed E-state index contributed by atoms with van der Waals surface area (Å²) >= 11 is 0. The molecule has 0 bridgehead atoms. The predicted molar refractivity (Wildman–Crippen MR) is 124 cm³/mol. The molecule has 3 aromatic carbocycles. The third kappa shape index (κ3) is 3.89. The third-order valence-electron chi connectivity index (χ3n) is 5.65. The Hall–Kier alpha value is -3.66. The maximum atomic E-state index is 13.7. The van der Waals surface area contributed by atoms with Crippen molar-refractivity contribution >= 4 is 28.7 Å². The molecule has 4 nitrogen and oxygen atoms in total. The number of carboxylic acid groups (broad SMARTS) is 1. The molecule has 4 rings (SSSR count). The maximum Gasteiger partial charge on any atom is 0.335 e. The van der Waals surface area contributed by atoms with Gasteiger partial charge in [0.2, 0.25) is 0 Å². The van der Waals surface area contributed by atoms with Gasteiger partial charge in [-0.3, -0.25) is 4.79 Å². The zero-order valence-corrected chi connectivity index (χ0v) is 17.9. The lowest BCUT2D eigenvalue weighted by Crippen LogP contribution is -2.26. The van der Waals surface area contributed by atoms with E-state index < -0.39 is 5.97 Å².